The highest BCUT2D eigenvalue weighted by atomic mass is 35.5. The minimum Gasteiger partial charge on any atom is -0.490 e. The van der Waals surface area contributed by atoms with Crippen molar-refractivity contribution in [3.63, 3.8) is 0 Å². The number of aromatic nitrogens is 2. The Bertz CT molecular complexity index is 1080. The smallest absolute Gasteiger partial charge is 0.159 e. The molecule has 2 aromatic carbocycles. The van der Waals surface area contributed by atoms with Crippen molar-refractivity contribution < 1.29 is 9.53 Å². The molecule has 1 aromatic heterocycles. The molecule has 1 aliphatic heterocycles. The van der Waals surface area contributed by atoms with Crippen LogP contribution in [-0.4, -0.2) is 34.9 Å². The first kappa shape index (κ1) is 22.1. The lowest BCUT2D eigenvalue weighted by Gasteiger charge is -2.33. The molecule has 0 atom stereocenters. The van der Waals surface area contributed by atoms with E-state index < -0.39 is 0 Å². The molecule has 0 unspecified atom stereocenters. The predicted molar refractivity (Wildman–Crippen MR) is 128 cm³/mol. The van der Waals surface area contributed by atoms with Crippen molar-refractivity contribution >= 4 is 34.7 Å². The molecule has 0 radical (unpaired) electrons. The number of ether oxygens (including phenoxy) is 1. The van der Waals surface area contributed by atoms with Gasteiger partial charge in [0.25, 0.3) is 0 Å². The quantitative estimate of drug-likeness (QED) is 0.466. The first-order chi connectivity index (χ1) is 15.5. The number of hydrogen-bond acceptors (Lipinski definition) is 6. The van der Waals surface area contributed by atoms with Crippen LogP contribution in [-0.2, 0) is 6.42 Å². The lowest BCUT2D eigenvalue weighted by molar-refractivity contribution is 0.101. The third-order valence-corrected chi connectivity index (χ3v) is 5.75. The van der Waals surface area contributed by atoms with Crippen molar-refractivity contribution in [2.75, 3.05) is 23.3 Å². The van der Waals surface area contributed by atoms with E-state index in [1.54, 1.807) is 6.92 Å². The van der Waals surface area contributed by atoms with Crippen LogP contribution in [0.1, 0.15) is 42.9 Å². The van der Waals surface area contributed by atoms with Crippen LogP contribution in [0.15, 0.2) is 54.6 Å². The molecule has 0 spiro atoms. The van der Waals surface area contributed by atoms with E-state index >= 15 is 0 Å². The summed E-state index contributed by atoms with van der Waals surface area (Å²) in [6, 6.07) is 16.9. The number of nitrogens with one attached hydrogen (secondary N) is 1. The largest absolute Gasteiger partial charge is 0.490 e. The zero-order valence-corrected chi connectivity index (χ0v) is 19.1. The molecule has 1 fully saturated rings. The van der Waals surface area contributed by atoms with Gasteiger partial charge in [-0.1, -0.05) is 30.7 Å². The lowest BCUT2D eigenvalue weighted by Crippen LogP contribution is -2.38. The Morgan fingerprint density at radius 2 is 1.88 bits per heavy atom. The van der Waals surface area contributed by atoms with Crippen LogP contribution in [0.2, 0.25) is 5.02 Å². The van der Waals surface area contributed by atoms with Crippen LogP contribution in [0.3, 0.4) is 0 Å². The van der Waals surface area contributed by atoms with Gasteiger partial charge < -0.3 is 15.0 Å². The molecule has 6 nitrogen and oxygen atoms in total. The second kappa shape index (κ2) is 10.0. The highest BCUT2D eigenvalue weighted by Crippen LogP contribution is 2.26. The summed E-state index contributed by atoms with van der Waals surface area (Å²) in [5.41, 5.74) is 1.50. The molecule has 1 N–H and O–H groups in total. The molecule has 3 aromatic rings. The van der Waals surface area contributed by atoms with Gasteiger partial charge in [-0.15, -0.1) is 0 Å². The fraction of sp³-hybridized carbons (Fsp3) is 0.320. The molecule has 4 rings (SSSR count). The molecule has 166 valence electrons. The molecule has 0 aliphatic carbocycles. The van der Waals surface area contributed by atoms with Gasteiger partial charge in [-0.25, -0.2) is 9.97 Å². The third-order valence-electron chi connectivity index (χ3n) is 5.50. The van der Waals surface area contributed by atoms with E-state index in [0.717, 1.165) is 61.2 Å². The zero-order valence-electron chi connectivity index (χ0n) is 18.3. The minimum atomic E-state index is 0.0370. The summed E-state index contributed by atoms with van der Waals surface area (Å²) >= 11 is 5.96. The van der Waals surface area contributed by atoms with E-state index in [2.05, 4.69) is 15.2 Å². The number of nitrogens with zero attached hydrogens (tertiary/aromatic N) is 3. The molecule has 0 amide bonds. The zero-order chi connectivity index (χ0) is 22.5. The van der Waals surface area contributed by atoms with Crippen molar-refractivity contribution in [3.05, 3.63) is 71.0 Å². The van der Waals surface area contributed by atoms with Crippen molar-refractivity contribution in [2.45, 2.75) is 39.2 Å². The van der Waals surface area contributed by atoms with Gasteiger partial charge in [0, 0.05) is 54.7 Å². The summed E-state index contributed by atoms with van der Waals surface area (Å²) in [6.45, 7) is 5.33. The summed E-state index contributed by atoms with van der Waals surface area (Å²) in [4.78, 5) is 23.3. The topological polar surface area (TPSA) is 67.4 Å². The Kier molecular flexibility index (Phi) is 6.90. The average Bonchev–Trinajstić information content (AvgIpc) is 2.81. The van der Waals surface area contributed by atoms with E-state index in [-0.39, 0.29) is 11.9 Å². The number of hydrogen-bond donors (Lipinski definition) is 1. The van der Waals surface area contributed by atoms with Crippen LogP contribution in [0.25, 0.3) is 0 Å². The number of carbonyl (C=O) groups excluding carboxylic acids is 1. The number of benzene rings is 2. The van der Waals surface area contributed by atoms with E-state index in [1.807, 2.05) is 61.5 Å². The van der Waals surface area contributed by atoms with Crippen LogP contribution in [0.5, 0.6) is 5.75 Å². The fourth-order valence-corrected chi connectivity index (χ4v) is 3.87. The van der Waals surface area contributed by atoms with Gasteiger partial charge in [0.15, 0.2) is 5.78 Å². The maximum atomic E-state index is 11.7. The molecule has 32 heavy (non-hydrogen) atoms. The summed E-state index contributed by atoms with van der Waals surface area (Å²) in [7, 11) is 0. The molecule has 2 heterocycles. The minimum absolute atomic E-state index is 0.0370. The van der Waals surface area contributed by atoms with Crippen LogP contribution < -0.4 is 15.0 Å². The van der Waals surface area contributed by atoms with Gasteiger partial charge in [-0.2, -0.15) is 0 Å². The van der Waals surface area contributed by atoms with Crippen LogP contribution in [0.4, 0.5) is 17.3 Å². The predicted octanol–water partition coefficient (Wildman–Crippen LogP) is 5.69. The molecule has 0 saturated carbocycles. The van der Waals surface area contributed by atoms with Gasteiger partial charge in [0.2, 0.25) is 0 Å². The van der Waals surface area contributed by atoms with E-state index in [4.69, 9.17) is 21.3 Å². The van der Waals surface area contributed by atoms with Crippen LogP contribution >= 0.6 is 11.6 Å². The first-order valence-corrected chi connectivity index (χ1v) is 11.3. The number of piperidine rings is 1. The Labute approximate surface area is 193 Å². The summed E-state index contributed by atoms with van der Waals surface area (Å²) in [5, 5.41) is 4.04. The second-order valence-corrected chi connectivity index (χ2v) is 8.34. The highest BCUT2D eigenvalue weighted by molar-refractivity contribution is 6.30. The molecule has 1 aliphatic rings. The van der Waals surface area contributed by atoms with Gasteiger partial charge in [-0.05, 0) is 43.3 Å². The van der Waals surface area contributed by atoms with Gasteiger partial charge in [0.05, 0.1) is 0 Å². The molecule has 0 bridgehead atoms. The number of halogens is 1. The third kappa shape index (κ3) is 5.56. The summed E-state index contributed by atoms with van der Waals surface area (Å²) < 4.78 is 6.11. The van der Waals surface area contributed by atoms with Crippen molar-refractivity contribution in [1.29, 1.82) is 0 Å². The number of ketones is 1. The summed E-state index contributed by atoms with van der Waals surface area (Å²) in [6.07, 6.45) is 2.74. The number of aryl methyl sites for hydroxylation is 1. The number of Topliss-reactive ketones (excluding diaryl/α,β-unsaturated/α-hetero) is 1. The molecular formula is C25H27ClN4O2. The Morgan fingerprint density at radius 1 is 1.12 bits per heavy atom. The Balaban J connectivity index is 1.44. The van der Waals surface area contributed by atoms with E-state index in [9.17, 15) is 4.79 Å². The Hall–Kier alpha value is -3.12. The average molecular weight is 451 g/mol. The van der Waals surface area contributed by atoms with E-state index in [1.165, 1.54) is 0 Å². The van der Waals surface area contributed by atoms with E-state index in [0.29, 0.717) is 10.6 Å². The van der Waals surface area contributed by atoms with Gasteiger partial charge in [0.1, 0.15) is 29.3 Å². The standard InChI is InChI=1S/C25H27ClN4O2/c1-3-23-28-24(27-20-6-4-5-18(15-20)17(2)31)16-25(29-23)30-13-11-22(12-14-30)32-21-9-7-19(26)8-10-21/h4-10,15-16,22H,3,11-14H2,1-2H3,(H,27,28,29). The maximum absolute atomic E-state index is 11.7. The summed E-state index contributed by atoms with van der Waals surface area (Å²) in [5.74, 6) is 3.31. The number of carbonyl (C=O) groups is 1. The highest BCUT2D eigenvalue weighted by Gasteiger charge is 2.22. The molecule has 7 heteroatoms. The molecule has 1 saturated heterocycles. The monoisotopic (exact) mass is 450 g/mol. The SMILES string of the molecule is CCc1nc(Nc2cccc(C(C)=O)c2)cc(N2CCC(Oc3ccc(Cl)cc3)CC2)n1. The fourth-order valence-electron chi connectivity index (χ4n) is 3.74. The van der Waals surface area contributed by atoms with Crippen molar-refractivity contribution in [3.8, 4) is 5.75 Å². The van der Waals surface area contributed by atoms with Gasteiger partial charge >= 0.3 is 0 Å². The molecular weight excluding hydrogens is 424 g/mol. The van der Waals surface area contributed by atoms with Crippen LogP contribution in [0, 0.1) is 0 Å². The number of anilines is 3. The van der Waals surface area contributed by atoms with Gasteiger partial charge in [-0.3, -0.25) is 4.79 Å². The van der Waals surface area contributed by atoms with Crippen molar-refractivity contribution in [2.24, 2.45) is 0 Å². The first-order valence-electron chi connectivity index (χ1n) is 10.9. The number of rotatable bonds is 7. The second-order valence-electron chi connectivity index (χ2n) is 7.90. The van der Waals surface area contributed by atoms with Crippen molar-refractivity contribution in [1.82, 2.24) is 9.97 Å². The maximum Gasteiger partial charge on any atom is 0.159 e. The Morgan fingerprint density at radius 3 is 2.56 bits per heavy atom. The lowest BCUT2D eigenvalue weighted by atomic mass is 10.1. The normalized spacial score (nSPS) is 14.3.